The first-order valence-corrected chi connectivity index (χ1v) is 10.0. The van der Waals surface area contributed by atoms with E-state index in [1.807, 2.05) is 40.1 Å². The van der Waals surface area contributed by atoms with Crippen molar-refractivity contribution in [2.24, 2.45) is 17.6 Å². The van der Waals surface area contributed by atoms with E-state index >= 15 is 0 Å². The van der Waals surface area contributed by atoms with E-state index in [9.17, 15) is 9.59 Å². The number of piperidine rings is 2. The van der Waals surface area contributed by atoms with Gasteiger partial charge in [-0.3, -0.25) is 9.59 Å². The first-order chi connectivity index (χ1) is 13.1. The van der Waals surface area contributed by atoms with Crippen molar-refractivity contribution in [1.29, 1.82) is 0 Å². The summed E-state index contributed by atoms with van der Waals surface area (Å²) in [4.78, 5) is 29.1. The van der Waals surface area contributed by atoms with E-state index in [2.05, 4.69) is 6.92 Å². The predicted octanol–water partition coefficient (Wildman–Crippen LogP) is 1.89. The fourth-order valence-corrected chi connectivity index (χ4v) is 4.13. The predicted molar refractivity (Wildman–Crippen MR) is 104 cm³/mol. The summed E-state index contributed by atoms with van der Waals surface area (Å²) in [6, 6.07) is 9.52. The molecule has 2 fully saturated rings. The third-order valence-electron chi connectivity index (χ3n) is 5.84. The number of amides is 2. The van der Waals surface area contributed by atoms with Crippen LogP contribution in [0.3, 0.4) is 0 Å². The molecule has 148 valence electrons. The van der Waals surface area contributed by atoms with Crippen LogP contribution in [-0.2, 0) is 9.59 Å². The molecule has 1 aromatic rings. The van der Waals surface area contributed by atoms with Crippen molar-refractivity contribution in [3.63, 3.8) is 0 Å². The van der Waals surface area contributed by atoms with Crippen molar-refractivity contribution < 1.29 is 14.3 Å². The van der Waals surface area contributed by atoms with Gasteiger partial charge in [0.15, 0.2) is 6.61 Å². The van der Waals surface area contributed by atoms with Gasteiger partial charge in [0, 0.05) is 38.1 Å². The van der Waals surface area contributed by atoms with Crippen LogP contribution in [0.15, 0.2) is 30.3 Å². The second-order valence-electron chi connectivity index (χ2n) is 7.81. The third kappa shape index (κ3) is 5.01. The highest BCUT2D eigenvalue weighted by molar-refractivity contribution is 5.81. The Labute approximate surface area is 161 Å². The van der Waals surface area contributed by atoms with E-state index in [1.54, 1.807) is 0 Å². The highest BCUT2D eigenvalue weighted by Crippen LogP contribution is 2.27. The number of likely N-dealkylation sites (tertiary alicyclic amines) is 2. The molecule has 0 aliphatic carbocycles. The highest BCUT2D eigenvalue weighted by Gasteiger charge is 2.35. The van der Waals surface area contributed by atoms with Crippen LogP contribution in [0.25, 0.3) is 0 Å². The molecule has 0 spiro atoms. The van der Waals surface area contributed by atoms with Crippen LogP contribution in [0, 0.1) is 11.8 Å². The maximum atomic E-state index is 13.0. The van der Waals surface area contributed by atoms with Crippen LogP contribution in [0.4, 0.5) is 0 Å². The van der Waals surface area contributed by atoms with Crippen molar-refractivity contribution >= 4 is 11.8 Å². The number of carbonyl (C=O) groups excluding carboxylic acids is 2. The molecule has 0 bridgehead atoms. The second-order valence-corrected chi connectivity index (χ2v) is 7.81. The fraction of sp³-hybridized carbons (Fsp3) is 0.619. The van der Waals surface area contributed by atoms with Crippen molar-refractivity contribution in [2.75, 3.05) is 32.8 Å². The summed E-state index contributed by atoms with van der Waals surface area (Å²) in [6.07, 6.45) is 3.49. The summed E-state index contributed by atoms with van der Waals surface area (Å²) in [5.41, 5.74) is 5.91. The number of carbonyl (C=O) groups is 2. The molecule has 0 aromatic heterocycles. The second kappa shape index (κ2) is 9.22. The first-order valence-electron chi connectivity index (χ1n) is 10.0. The molecule has 2 aliphatic heterocycles. The van der Waals surface area contributed by atoms with E-state index in [4.69, 9.17) is 10.5 Å². The standard InChI is InChI=1S/C21H31N3O3/c1-16-7-12-24(18(13-16)14-22)21(26)17-8-10-23(11-9-17)20(25)15-27-19-5-3-2-4-6-19/h2-6,16-18H,7-15,22H2,1H3. The normalized spacial score (nSPS) is 23.9. The minimum absolute atomic E-state index is 0.00606. The minimum atomic E-state index is -0.0172. The monoisotopic (exact) mass is 373 g/mol. The van der Waals surface area contributed by atoms with Gasteiger partial charge in [0.1, 0.15) is 5.75 Å². The maximum absolute atomic E-state index is 13.0. The molecule has 3 rings (SSSR count). The summed E-state index contributed by atoms with van der Waals surface area (Å²) in [5, 5.41) is 0. The van der Waals surface area contributed by atoms with Gasteiger partial charge in [0.05, 0.1) is 0 Å². The van der Waals surface area contributed by atoms with E-state index in [0.717, 1.165) is 32.2 Å². The Bertz CT molecular complexity index is 629. The quantitative estimate of drug-likeness (QED) is 0.855. The Morgan fingerprint density at radius 2 is 1.81 bits per heavy atom. The first kappa shape index (κ1) is 19.7. The van der Waals surface area contributed by atoms with Crippen molar-refractivity contribution in [3.05, 3.63) is 30.3 Å². The molecule has 2 unspecified atom stereocenters. The van der Waals surface area contributed by atoms with Gasteiger partial charge < -0.3 is 20.3 Å². The maximum Gasteiger partial charge on any atom is 0.260 e. The summed E-state index contributed by atoms with van der Waals surface area (Å²) in [7, 11) is 0. The molecule has 2 atom stereocenters. The van der Waals surface area contributed by atoms with Crippen LogP contribution in [0.1, 0.15) is 32.6 Å². The molecule has 6 nitrogen and oxygen atoms in total. The van der Waals surface area contributed by atoms with Gasteiger partial charge in [-0.25, -0.2) is 0 Å². The third-order valence-corrected chi connectivity index (χ3v) is 5.84. The van der Waals surface area contributed by atoms with E-state index in [0.29, 0.717) is 31.3 Å². The highest BCUT2D eigenvalue weighted by atomic mass is 16.5. The zero-order chi connectivity index (χ0) is 19.2. The zero-order valence-electron chi connectivity index (χ0n) is 16.2. The average Bonchev–Trinajstić information content (AvgIpc) is 2.72. The average molecular weight is 373 g/mol. The molecule has 2 heterocycles. The van der Waals surface area contributed by atoms with Gasteiger partial charge in [-0.2, -0.15) is 0 Å². The van der Waals surface area contributed by atoms with Crippen LogP contribution in [-0.4, -0.2) is 60.4 Å². The number of nitrogens with two attached hydrogens (primary N) is 1. The van der Waals surface area contributed by atoms with E-state index < -0.39 is 0 Å². The Morgan fingerprint density at radius 3 is 2.48 bits per heavy atom. The van der Waals surface area contributed by atoms with Gasteiger partial charge >= 0.3 is 0 Å². The van der Waals surface area contributed by atoms with Crippen LogP contribution in [0.2, 0.25) is 0 Å². The van der Waals surface area contributed by atoms with Crippen LogP contribution >= 0.6 is 0 Å². The number of hydrogen-bond donors (Lipinski definition) is 1. The molecule has 2 saturated heterocycles. The number of hydrogen-bond acceptors (Lipinski definition) is 4. The molecule has 1 aromatic carbocycles. The Kier molecular flexibility index (Phi) is 6.72. The lowest BCUT2D eigenvalue weighted by Crippen LogP contribution is -2.53. The lowest BCUT2D eigenvalue weighted by Gasteiger charge is -2.41. The number of para-hydroxylation sites is 1. The number of ether oxygens (including phenoxy) is 1. The topological polar surface area (TPSA) is 75.9 Å². The van der Waals surface area contributed by atoms with Crippen molar-refractivity contribution in [3.8, 4) is 5.75 Å². The minimum Gasteiger partial charge on any atom is -0.484 e. The summed E-state index contributed by atoms with van der Waals surface area (Å²) >= 11 is 0. The van der Waals surface area contributed by atoms with Crippen molar-refractivity contribution in [1.82, 2.24) is 9.80 Å². The molecule has 2 N–H and O–H groups in total. The molecule has 2 aliphatic rings. The SMILES string of the molecule is CC1CCN(C(=O)C2CCN(C(=O)COc3ccccc3)CC2)C(CN)C1. The van der Waals surface area contributed by atoms with E-state index in [1.165, 1.54) is 0 Å². The van der Waals surface area contributed by atoms with E-state index in [-0.39, 0.29) is 30.4 Å². The van der Waals surface area contributed by atoms with Crippen LogP contribution < -0.4 is 10.5 Å². The largest absolute Gasteiger partial charge is 0.484 e. The Morgan fingerprint density at radius 1 is 1.11 bits per heavy atom. The summed E-state index contributed by atoms with van der Waals surface area (Å²) in [6.45, 7) is 4.85. The van der Waals surface area contributed by atoms with Gasteiger partial charge in [0.25, 0.3) is 5.91 Å². The molecular formula is C21H31N3O3. The summed E-state index contributed by atoms with van der Waals surface area (Å²) < 4.78 is 5.55. The van der Waals surface area contributed by atoms with Gasteiger partial charge in [-0.05, 0) is 43.7 Å². The molecular weight excluding hydrogens is 342 g/mol. The number of benzene rings is 1. The molecule has 6 heteroatoms. The zero-order valence-corrected chi connectivity index (χ0v) is 16.2. The number of rotatable bonds is 5. The summed E-state index contributed by atoms with van der Waals surface area (Å²) in [5.74, 6) is 1.54. The van der Waals surface area contributed by atoms with Gasteiger partial charge in [-0.15, -0.1) is 0 Å². The smallest absolute Gasteiger partial charge is 0.260 e. The van der Waals surface area contributed by atoms with Crippen molar-refractivity contribution in [2.45, 2.75) is 38.6 Å². The van der Waals surface area contributed by atoms with Crippen LogP contribution in [0.5, 0.6) is 5.75 Å². The number of nitrogens with zero attached hydrogens (tertiary/aromatic N) is 2. The molecule has 0 saturated carbocycles. The van der Waals surface area contributed by atoms with Gasteiger partial charge in [-0.1, -0.05) is 25.1 Å². The lowest BCUT2D eigenvalue weighted by atomic mass is 9.89. The Hall–Kier alpha value is -2.08. The lowest BCUT2D eigenvalue weighted by molar-refractivity contribution is -0.144. The molecule has 0 radical (unpaired) electrons. The fourth-order valence-electron chi connectivity index (χ4n) is 4.13. The molecule has 2 amide bonds. The Balaban J connectivity index is 1.46. The van der Waals surface area contributed by atoms with Gasteiger partial charge in [0.2, 0.25) is 5.91 Å². The molecule has 27 heavy (non-hydrogen) atoms.